The minimum absolute atomic E-state index is 0.151. The van der Waals surface area contributed by atoms with Gasteiger partial charge in [0.05, 0.1) is 22.7 Å². The fourth-order valence-corrected chi connectivity index (χ4v) is 4.69. The van der Waals surface area contributed by atoms with Crippen molar-refractivity contribution >= 4 is 44.9 Å². The van der Waals surface area contributed by atoms with Crippen LogP contribution in [0.2, 0.25) is 5.02 Å². The molecule has 0 fully saturated rings. The highest BCUT2D eigenvalue weighted by molar-refractivity contribution is 7.89. The third-order valence-electron chi connectivity index (χ3n) is 5.47. The number of anilines is 3. The van der Waals surface area contributed by atoms with Gasteiger partial charge in [-0.25, -0.2) is 23.1 Å². The van der Waals surface area contributed by atoms with Crippen molar-refractivity contribution in [1.82, 2.24) is 14.7 Å². The molecule has 0 saturated heterocycles. The summed E-state index contributed by atoms with van der Waals surface area (Å²) in [4.78, 5) is 21.4. The molecule has 3 N–H and O–H groups in total. The van der Waals surface area contributed by atoms with E-state index in [0.717, 1.165) is 12.0 Å². The molecule has 33 heavy (non-hydrogen) atoms. The fraction of sp³-hybridized carbons (Fsp3) is 0.261. The SMILES string of the molecule is CCC(C)CNS(=O)(=O)c1ccc(Nc2ncc3c(n2)-c2ccc(Cl)cc2NC(=O)C3)cc1. The monoisotopic (exact) mass is 485 g/mol. The van der Waals surface area contributed by atoms with E-state index in [-0.39, 0.29) is 23.1 Å². The zero-order valence-corrected chi connectivity index (χ0v) is 19.8. The summed E-state index contributed by atoms with van der Waals surface area (Å²) in [7, 11) is -3.57. The van der Waals surface area contributed by atoms with Gasteiger partial charge in [-0.2, -0.15) is 0 Å². The first-order valence-corrected chi connectivity index (χ1v) is 12.4. The zero-order valence-electron chi connectivity index (χ0n) is 18.2. The number of benzene rings is 2. The molecule has 0 aliphatic carbocycles. The van der Waals surface area contributed by atoms with Crippen molar-refractivity contribution in [1.29, 1.82) is 0 Å². The second-order valence-corrected chi connectivity index (χ2v) is 10.2. The average molecular weight is 486 g/mol. The standard InChI is InChI=1S/C23H24ClN5O3S/c1-3-14(2)12-26-33(31,32)18-7-5-17(6-8-18)27-23-25-13-15-10-21(30)28-20-11-16(24)4-9-19(20)22(15)29-23/h4-9,11,13-14,26H,3,10,12H2,1-2H3,(H,28,30)(H,25,27,29). The molecule has 0 radical (unpaired) electrons. The number of hydrogen-bond acceptors (Lipinski definition) is 6. The highest BCUT2D eigenvalue weighted by Crippen LogP contribution is 2.34. The highest BCUT2D eigenvalue weighted by Gasteiger charge is 2.21. The van der Waals surface area contributed by atoms with Crippen LogP contribution in [0.3, 0.4) is 0 Å². The second-order valence-electron chi connectivity index (χ2n) is 8.00. The number of aromatic nitrogens is 2. The normalized spacial score (nSPS) is 14.0. The van der Waals surface area contributed by atoms with E-state index in [1.54, 1.807) is 30.5 Å². The summed E-state index contributed by atoms with van der Waals surface area (Å²) in [6, 6.07) is 11.6. The van der Waals surface area contributed by atoms with Crippen LogP contribution in [0.5, 0.6) is 0 Å². The predicted octanol–water partition coefficient (Wildman–Crippen LogP) is 4.36. The topological polar surface area (TPSA) is 113 Å². The molecule has 0 bridgehead atoms. The summed E-state index contributed by atoms with van der Waals surface area (Å²) in [5.74, 6) is 0.424. The van der Waals surface area contributed by atoms with Gasteiger partial charge in [0.2, 0.25) is 21.9 Å². The largest absolute Gasteiger partial charge is 0.325 e. The molecule has 172 valence electrons. The summed E-state index contributed by atoms with van der Waals surface area (Å²) in [6.45, 7) is 4.41. The van der Waals surface area contributed by atoms with Crippen molar-refractivity contribution < 1.29 is 13.2 Å². The van der Waals surface area contributed by atoms with Crippen LogP contribution in [0, 0.1) is 5.92 Å². The van der Waals surface area contributed by atoms with Gasteiger partial charge >= 0.3 is 0 Å². The Labute approximate surface area is 197 Å². The van der Waals surface area contributed by atoms with Crippen LogP contribution in [0.25, 0.3) is 11.3 Å². The lowest BCUT2D eigenvalue weighted by atomic mass is 10.1. The van der Waals surface area contributed by atoms with Crippen molar-refractivity contribution in [3.05, 3.63) is 59.2 Å². The van der Waals surface area contributed by atoms with Crippen molar-refractivity contribution in [3.63, 3.8) is 0 Å². The number of rotatable bonds is 7. The maximum Gasteiger partial charge on any atom is 0.240 e. The first-order chi connectivity index (χ1) is 15.7. The molecule has 0 saturated carbocycles. The maximum atomic E-state index is 12.5. The number of sulfonamides is 1. The molecule has 4 rings (SSSR count). The molecule has 2 heterocycles. The highest BCUT2D eigenvalue weighted by atomic mass is 35.5. The molecule has 10 heteroatoms. The van der Waals surface area contributed by atoms with Crippen LogP contribution in [-0.2, 0) is 21.2 Å². The zero-order chi connectivity index (χ0) is 23.6. The summed E-state index contributed by atoms with van der Waals surface area (Å²) < 4.78 is 27.6. The Morgan fingerprint density at radius 3 is 2.67 bits per heavy atom. The number of nitrogens with one attached hydrogen (secondary N) is 3. The molecule has 1 aliphatic heterocycles. The molecule has 1 amide bonds. The Balaban J connectivity index is 1.57. The van der Waals surface area contributed by atoms with Crippen molar-refractivity contribution in [2.75, 3.05) is 17.2 Å². The Hall–Kier alpha value is -3.01. The van der Waals surface area contributed by atoms with Gasteiger partial charge in [-0.3, -0.25) is 4.79 Å². The first-order valence-electron chi connectivity index (χ1n) is 10.6. The van der Waals surface area contributed by atoms with Gasteiger partial charge in [-0.1, -0.05) is 31.9 Å². The number of hydrogen-bond donors (Lipinski definition) is 3. The lowest BCUT2D eigenvalue weighted by Gasteiger charge is -2.12. The second kappa shape index (κ2) is 9.46. The first kappa shape index (κ1) is 23.2. The molecule has 1 unspecified atom stereocenters. The summed E-state index contributed by atoms with van der Waals surface area (Å²) >= 11 is 6.09. The van der Waals surface area contributed by atoms with Gasteiger partial charge < -0.3 is 10.6 Å². The molecule has 1 aromatic heterocycles. The third-order valence-corrected chi connectivity index (χ3v) is 7.14. The van der Waals surface area contributed by atoms with Crippen LogP contribution in [0.1, 0.15) is 25.8 Å². The quantitative estimate of drug-likeness (QED) is 0.458. The Morgan fingerprint density at radius 2 is 1.94 bits per heavy atom. The van der Waals surface area contributed by atoms with E-state index in [1.165, 1.54) is 12.1 Å². The molecule has 0 spiro atoms. The summed E-state index contributed by atoms with van der Waals surface area (Å²) in [5, 5.41) is 6.46. The van der Waals surface area contributed by atoms with Gasteiger partial charge in [-0.15, -0.1) is 0 Å². The number of halogens is 1. The van der Waals surface area contributed by atoms with Crippen LogP contribution in [0.4, 0.5) is 17.3 Å². The molecular formula is C23H24ClN5O3S. The molecular weight excluding hydrogens is 462 g/mol. The van der Waals surface area contributed by atoms with Crippen molar-refractivity contribution in [3.8, 4) is 11.3 Å². The maximum absolute atomic E-state index is 12.5. The third kappa shape index (κ3) is 5.32. The van der Waals surface area contributed by atoms with Gasteiger partial charge in [0.1, 0.15) is 0 Å². The van der Waals surface area contributed by atoms with E-state index in [9.17, 15) is 13.2 Å². The van der Waals surface area contributed by atoms with Crippen molar-refractivity contribution in [2.45, 2.75) is 31.6 Å². The van der Waals surface area contributed by atoms with Crippen molar-refractivity contribution in [2.24, 2.45) is 5.92 Å². The van der Waals surface area contributed by atoms with Crippen LogP contribution in [0.15, 0.2) is 53.6 Å². The van der Waals surface area contributed by atoms with E-state index in [4.69, 9.17) is 11.6 Å². The number of carbonyl (C=O) groups is 1. The van der Waals surface area contributed by atoms with Crippen LogP contribution in [-0.4, -0.2) is 30.8 Å². The fourth-order valence-electron chi connectivity index (χ4n) is 3.35. The van der Waals surface area contributed by atoms with E-state index in [0.29, 0.717) is 40.1 Å². The molecule has 1 aliphatic rings. The number of fused-ring (bicyclic) bond motifs is 3. The van der Waals surface area contributed by atoms with Gasteiger partial charge in [0, 0.05) is 34.6 Å². The Kier molecular flexibility index (Phi) is 6.64. The van der Waals surface area contributed by atoms with E-state index in [1.807, 2.05) is 19.9 Å². The molecule has 3 aromatic rings. The number of amides is 1. The molecule has 8 nitrogen and oxygen atoms in total. The lowest BCUT2D eigenvalue weighted by molar-refractivity contribution is -0.115. The van der Waals surface area contributed by atoms with Gasteiger partial charge in [-0.05, 0) is 48.4 Å². The lowest BCUT2D eigenvalue weighted by Crippen LogP contribution is -2.28. The summed E-state index contributed by atoms with van der Waals surface area (Å²) in [5.41, 5.74) is 3.31. The number of nitrogens with zero attached hydrogens (tertiary/aromatic N) is 2. The average Bonchev–Trinajstić information content (AvgIpc) is 2.92. The minimum Gasteiger partial charge on any atom is -0.325 e. The Bertz CT molecular complexity index is 1300. The predicted molar refractivity (Wildman–Crippen MR) is 129 cm³/mol. The molecule has 1 atom stereocenters. The van der Waals surface area contributed by atoms with E-state index in [2.05, 4.69) is 25.3 Å². The van der Waals surface area contributed by atoms with Gasteiger partial charge in [0.15, 0.2) is 0 Å². The molecule has 2 aromatic carbocycles. The number of carbonyl (C=O) groups excluding carboxylic acids is 1. The van der Waals surface area contributed by atoms with Crippen LogP contribution < -0.4 is 15.4 Å². The smallest absolute Gasteiger partial charge is 0.240 e. The van der Waals surface area contributed by atoms with Crippen LogP contribution >= 0.6 is 11.6 Å². The van der Waals surface area contributed by atoms with E-state index >= 15 is 0 Å². The Morgan fingerprint density at radius 1 is 1.18 bits per heavy atom. The summed E-state index contributed by atoms with van der Waals surface area (Å²) in [6.07, 6.45) is 2.66. The van der Waals surface area contributed by atoms with E-state index < -0.39 is 10.0 Å². The van der Waals surface area contributed by atoms with Gasteiger partial charge in [0.25, 0.3) is 0 Å². The minimum atomic E-state index is -3.57.